The maximum atomic E-state index is 13.1. The minimum absolute atomic E-state index is 0.0161. The van der Waals surface area contributed by atoms with E-state index in [-0.39, 0.29) is 10.9 Å². The highest BCUT2D eigenvalue weighted by molar-refractivity contribution is 6.33. The lowest BCUT2D eigenvalue weighted by Crippen LogP contribution is -1.87. The molecule has 0 spiro atoms. The average molecular weight is 213 g/mol. The molecule has 2 rings (SSSR count). The standard InChI is InChI=1S/C9H6ClFN2O/c10-8-5(2-1-3-7(8)11)6-4-13-14-9(6)12/h1-4H,12H2. The quantitative estimate of drug-likeness (QED) is 0.791. The number of nitrogens with zero attached hydrogens (tertiary/aromatic N) is 1. The zero-order chi connectivity index (χ0) is 10.1. The summed E-state index contributed by atoms with van der Waals surface area (Å²) in [7, 11) is 0. The first-order valence-corrected chi connectivity index (χ1v) is 4.22. The fourth-order valence-corrected chi connectivity index (χ4v) is 1.39. The van der Waals surface area contributed by atoms with Crippen molar-refractivity contribution in [2.24, 2.45) is 0 Å². The lowest BCUT2D eigenvalue weighted by Gasteiger charge is -2.01. The molecular weight excluding hydrogens is 207 g/mol. The molecule has 0 unspecified atom stereocenters. The largest absolute Gasteiger partial charge is 0.367 e. The lowest BCUT2D eigenvalue weighted by atomic mass is 10.1. The Hall–Kier alpha value is -1.55. The molecule has 0 saturated heterocycles. The summed E-state index contributed by atoms with van der Waals surface area (Å²) in [5, 5.41) is 3.50. The van der Waals surface area contributed by atoms with E-state index in [0.717, 1.165) is 0 Å². The molecular formula is C9H6ClFN2O. The van der Waals surface area contributed by atoms with E-state index in [0.29, 0.717) is 11.1 Å². The van der Waals surface area contributed by atoms with Gasteiger partial charge in [-0.25, -0.2) is 4.39 Å². The molecule has 3 nitrogen and oxygen atoms in total. The minimum Gasteiger partial charge on any atom is -0.367 e. The number of anilines is 1. The highest BCUT2D eigenvalue weighted by atomic mass is 35.5. The summed E-state index contributed by atoms with van der Waals surface area (Å²) in [6.45, 7) is 0. The van der Waals surface area contributed by atoms with Gasteiger partial charge in [0.15, 0.2) is 0 Å². The number of aromatic nitrogens is 1. The summed E-state index contributed by atoms with van der Waals surface area (Å²) in [4.78, 5) is 0. The van der Waals surface area contributed by atoms with Crippen LogP contribution >= 0.6 is 11.6 Å². The lowest BCUT2D eigenvalue weighted by molar-refractivity contribution is 0.436. The Balaban J connectivity index is 2.63. The van der Waals surface area contributed by atoms with Crippen LogP contribution in [0.3, 0.4) is 0 Å². The predicted molar refractivity (Wildman–Crippen MR) is 51.3 cm³/mol. The van der Waals surface area contributed by atoms with Gasteiger partial charge in [-0.05, 0) is 6.07 Å². The average Bonchev–Trinajstić information content (AvgIpc) is 2.57. The van der Waals surface area contributed by atoms with Crippen molar-refractivity contribution in [1.29, 1.82) is 0 Å². The van der Waals surface area contributed by atoms with Gasteiger partial charge >= 0.3 is 0 Å². The van der Waals surface area contributed by atoms with Crippen LogP contribution in [0.2, 0.25) is 5.02 Å². The Labute approximate surface area is 84.3 Å². The van der Waals surface area contributed by atoms with E-state index in [9.17, 15) is 4.39 Å². The van der Waals surface area contributed by atoms with Crippen molar-refractivity contribution in [1.82, 2.24) is 5.16 Å². The molecule has 0 amide bonds. The predicted octanol–water partition coefficient (Wildman–Crippen LogP) is 2.72. The summed E-state index contributed by atoms with van der Waals surface area (Å²) >= 11 is 5.76. The van der Waals surface area contributed by atoms with E-state index in [4.69, 9.17) is 17.3 Å². The van der Waals surface area contributed by atoms with Gasteiger partial charge in [-0.2, -0.15) is 0 Å². The van der Waals surface area contributed by atoms with Gasteiger partial charge in [-0.3, -0.25) is 0 Å². The molecule has 0 aliphatic carbocycles. The molecule has 2 N–H and O–H groups in total. The topological polar surface area (TPSA) is 52.0 Å². The second-order valence-electron chi connectivity index (χ2n) is 2.71. The Morgan fingerprint density at radius 3 is 2.79 bits per heavy atom. The zero-order valence-electron chi connectivity index (χ0n) is 7.00. The number of hydrogen-bond donors (Lipinski definition) is 1. The van der Waals surface area contributed by atoms with Gasteiger partial charge in [0.05, 0.1) is 16.8 Å². The van der Waals surface area contributed by atoms with Crippen molar-refractivity contribution >= 4 is 17.5 Å². The van der Waals surface area contributed by atoms with E-state index in [2.05, 4.69) is 9.68 Å². The van der Waals surface area contributed by atoms with Crippen molar-refractivity contribution in [3.8, 4) is 11.1 Å². The first-order valence-electron chi connectivity index (χ1n) is 3.84. The van der Waals surface area contributed by atoms with Crippen molar-refractivity contribution in [2.75, 3.05) is 5.73 Å². The van der Waals surface area contributed by atoms with E-state index in [1.807, 2.05) is 0 Å². The summed E-state index contributed by atoms with van der Waals surface area (Å²) in [6, 6.07) is 4.47. The van der Waals surface area contributed by atoms with Gasteiger partial charge in [-0.15, -0.1) is 0 Å². The monoisotopic (exact) mass is 212 g/mol. The molecule has 1 heterocycles. The summed E-state index contributed by atoms with van der Waals surface area (Å²) < 4.78 is 17.7. The molecule has 5 heteroatoms. The van der Waals surface area contributed by atoms with Crippen LogP contribution in [0.1, 0.15) is 0 Å². The van der Waals surface area contributed by atoms with Gasteiger partial charge < -0.3 is 10.3 Å². The Kier molecular flexibility index (Phi) is 2.13. The Morgan fingerprint density at radius 2 is 2.14 bits per heavy atom. The maximum Gasteiger partial charge on any atom is 0.230 e. The fourth-order valence-electron chi connectivity index (χ4n) is 1.16. The van der Waals surface area contributed by atoms with Gasteiger partial charge in [0.2, 0.25) is 5.88 Å². The summed E-state index contributed by atoms with van der Waals surface area (Å²) in [5.41, 5.74) is 6.45. The second-order valence-corrected chi connectivity index (χ2v) is 3.08. The molecule has 72 valence electrons. The maximum absolute atomic E-state index is 13.1. The number of rotatable bonds is 1. The number of nitrogens with two attached hydrogens (primary N) is 1. The van der Waals surface area contributed by atoms with Crippen molar-refractivity contribution in [3.63, 3.8) is 0 Å². The summed E-state index contributed by atoms with van der Waals surface area (Å²) in [5.74, 6) is -0.373. The third kappa shape index (κ3) is 1.33. The molecule has 0 aliphatic heterocycles. The molecule has 0 bridgehead atoms. The molecule has 14 heavy (non-hydrogen) atoms. The van der Waals surface area contributed by atoms with E-state index >= 15 is 0 Å². The third-order valence-electron chi connectivity index (χ3n) is 1.84. The molecule has 0 saturated carbocycles. The Bertz CT molecular complexity index is 470. The molecule has 0 fully saturated rings. The van der Waals surface area contributed by atoms with Gasteiger partial charge in [0.1, 0.15) is 5.82 Å². The first kappa shape index (κ1) is 9.02. The SMILES string of the molecule is Nc1oncc1-c1cccc(F)c1Cl. The van der Waals surface area contributed by atoms with Crippen LogP contribution in [0.25, 0.3) is 11.1 Å². The van der Waals surface area contributed by atoms with E-state index < -0.39 is 5.82 Å². The van der Waals surface area contributed by atoms with Crippen molar-refractivity contribution in [2.45, 2.75) is 0 Å². The number of halogens is 2. The van der Waals surface area contributed by atoms with E-state index in [1.165, 1.54) is 12.3 Å². The van der Waals surface area contributed by atoms with Crippen molar-refractivity contribution in [3.05, 3.63) is 35.2 Å². The van der Waals surface area contributed by atoms with Gasteiger partial charge in [-0.1, -0.05) is 28.9 Å². The number of hydrogen-bond acceptors (Lipinski definition) is 3. The van der Waals surface area contributed by atoms with Crippen molar-refractivity contribution < 1.29 is 8.91 Å². The zero-order valence-corrected chi connectivity index (χ0v) is 7.75. The van der Waals surface area contributed by atoms with Crippen LogP contribution in [0.15, 0.2) is 28.9 Å². The molecule has 0 aliphatic rings. The third-order valence-corrected chi connectivity index (χ3v) is 2.22. The van der Waals surface area contributed by atoms with Gasteiger partial charge in [0, 0.05) is 5.56 Å². The number of nitrogen functional groups attached to an aromatic ring is 1. The van der Waals surface area contributed by atoms with Crippen LogP contribution < -0.4 is 5.73 Å². The Morgan fingerprint density at radius 1 is 1.36 bits per heavy atom. The number of benzene rings is 1. The van der Waals surface area contributed by atoms with Crippen LogP contribution in [0, 0.1) is 5.82 Å². The van der Waals surface area contributed by atoms with Crippen LogP contribution in [0.4, 0.5) is 10.3 Å². The smallest absolute Gasteiger partial charge is 0.230 e. The molecule has 1 aromatic carbocycles. The van der Waals surface area contributed by atoms with Gasteiger partial charge in [0.25, 0.3) is 0 Å². The van der Waals surface area contributed by atoms with Crippen LogP contribution in [-0.4, -0.2) is 5.16 Å². The highest BCUT2D eigenvalue weighted by Gasteiger charge is 2.12. The summed E-state index contributed by atoms with van der Waals surface area (Å²) in [6.07, 6.45) is 1.40. The second kappa shape index (κ2) is 3.31. The highest BCUT2D eigenvalue weighted by Crippen LogP contribution is 2.32. The molecule has 2 aromatic rings. The minimum atomic E-state index is -0.496. The first-order chi connectivity index (χ1) is 6.70. The van der Waals surface area contributed by atoms with Crippen LogP contribution in [0.5, 0.6) is 0 Å². The molecule has 0 atom stereocenters. The normalized spacial score (nSPS) is 10.4. The molecule has 1 aromatic heterocycles. The fraction of sp³-hybridized carbons (Fsp3) is 0. The van der Waals surface area contributed by atoms with Crippen LogP contribution in [-0.2, 0) is 0 Å². The molecule has 0 radical (unpaired) electrons. The van der Waals surface area contributed by atoms with E-state index in [1.54, 1.807) is 12.1 Å².